The third-order valence-corrected chi connectivity index (χ3v) is 7.61. The molecule has 1 heterocycles. The molecule has 1 atom stereocenters. The van der Waals surface area contributed by atoms with Gasteiger partial charge in [0.1, 0.15) is 6.04 Å². The molecule has 10 heteroatoms. The Bertz CT molecular complexity index is 1110. The summed E-state index contributed by atoms with van der Waals surface area (Å²) in [6.45, 7) is 3.80. The zero-order valence-corrected chi connectivity index (χ0v) is 20.1. The second-order valence-corrected chi connectivity index (χ2v) is 10.3. The molecular formula is C24H30N4O5S. The van der Waals surface area contributed by atoms with Gasteiger partial charge in [-0.1, -0.05) is 30.3 Å². The van der Waals surface area contributed by atoms with Crippen LogP contribution in [0.3, 0.4) is 0 Å². The molecule has 3 rings (SSSR count). The van der Waals surface area contributed by atoms with E-state index in [0.717, 1.165) is 5.56 Å². The molecule has 0 radical (unpaired) electrons. The molecule has 0 spiro atoms. The number of hydrogen-bond acceptors (Lipinski definition) is 5. The average Bonchev–Trinajstić information content (AvgIpc) is 2.83. The normalized spacial score (nSPS) is 15.8. The molecule has 1 saturated heterocycles. The number of anilines is 1. The molecule has 9 nitrogen and oxygen atoms in total. The fraction of sp³-hybridized carbons (Fsp3) is 0.375. The zero-order valence-electron chi connectivity index (χ0n) is 19.3. The summed E-state index contributed by atoms with van der Waals surface area (Å²) in [4.78, 5) is 36.2. The lowest BCUT2D eigenvalue weighted by atomic mass is 9.97. The van der Waals surface area contributed by atoms with Gasteiger partial charge < -0.3 is 16.0 Å². The predicted octanol–water partition coefficient (Wildman–Crippen LogP) is 1.87. The Labute approximate surface area is 200 Å². The molecule has 0 bridgehead atoms. The summed E-state index contributed by atoms with van der Waals surface area (Å²) in [6.07, 6.45) is 0.737. The zero-order chi connectivity index (χ0) is 24.7. The Morgan fingerprint density at radius 3 is 2.21 bits per heavy atom. The minimum absolute atomic E-state index is 0.133. The van der Waals surface area contributed by atoms with E-state index in [-0.39, 0.29) is 41.6 Å². The van der Waals surface area contributed by atoms with E-state index in [0.29, 0.717) is 25.1 Å². The molecule has 3 amide bonds. The molecule has 0 aliphatic carbocycles. The molecule has 34 heavy (non-hydrogen) atoms. The van der Waals surface area contributed by atoms with Crippen LogP contribution < -0.4 is 16.0 Å². The van der Waals surface area contributed by atoms with Gasteiger partial charge in [0.25, 0.3) is 0 Å². The largest absolute Gasteiger partial charge is 0.350 e. The van der Waals surface area contributed by atoms with Gasteiger partial charge in [-0.25, -0.2) is 8.42 Å². The van der Waals surface area contributed by atoms with Gasteiger partial charge >= 0.3 is 0 Å². The lowest BCUT2D eigenvalue weighted by molar-refractivity contribution is -0.131. The molecule has 2 aromatic rings. The van der Waals surface area contributed by atoms with Gasteiger partial charge in [-0.05, 0) is 49.6 Å². The molecule has 2 aromatic carbocycles. The van der Waals surface area contributed by atoms with Crippen LogP contribution in [0, 0.1) is 5.92 Å². The molecule has 1 aliphatic heterocycles. The first-order chi connectivity index (χ1) is 16.2. The van der Waals surface area contributed by atoms with Crippen LogP contribution in [-0.2, 0) is 31.0 Å². The average molecular weight is 487 g/mol. The van der Waals surface area contributed by atoms with Gasteiger partial charge in [0.15, 0.2) is 0 Å². The standard InChI is InChI=1S/C24H30N4O5S/c1-17(23(30)25-16-19-6-4-3-5-7-19)26-24(31)20-12-14-28(15-13-20)34(32,33)22-10-8-21(9-11-22)27-18(2)29/h3-11,17,20H,12-16H2,1-2H3,(H,25,30)(H,26,31)(H,27,29)/t17-/m0/s1. The van der Waals surface area contributed by atoms with Crippen molar-refractivity contribution in [3.05, 3.63) is 60.2 Å². The van der Waals surface area contributed by atoms with Crippen molar-refractivity contribution in [1.82, 2.24) is 14.9 Å². The number of sulfonamides is 1. The SMILES string of the molecule is CC(=O)Nc1ccc(S(=O)(=O)N2CCC(C(=O)N[C@@H](C)C(=O)NCc3ccccc3)CC2)cc1. The summed E-state index contributed by atoms with van der Waals surface area (Å²) in [5, 5.41) is 8.14. The second kappa shape index (κ2) is 11.3. The van der Waals surface area contributed by atoms with Crippen LogP contribution in [-0.4, -0.2) is 49.6 Å². The monoisotopic (exact) mass is 486 g/mol. The number of benzene rings is 2. The molecule has 3 N–H and O–H groups in total. The van der Waals surface area contributed by atoms with Gasteiger partial charge in [-0.2, -0.15) is 4.31 Å². The van der Waals surface area contributed by atoms with Crippen LogP contribution in [0.2, 0.25) is 0 Å². The lowest BCUT2D eigenvalue weighted by Gasteiger charge is -2.31. The topological polar surface area (TPSA) is 125 Å². The van der Waals surface area contributed by atoms with Crippen molar-refractivity contribution in [3.63, 3.8) is 0 Å². The maximum atomic E-state index is 12.9. The van der Waals surface area contributed by atoms with Gasteiger partial charge in [-0.15, -0.1) is 0 Å². The Morgan fingerprint density at radius 2 is 1.62 bits per heavy atom. The quantitative estimate of drug-likeness (QED) is 0.525. The van der Waals surface area contributed by atoms with Gasteiger partial charge in [0, 0.05) is 38.2 Å². The van der Waals surface area contributed by atoms with E-state index in [1.54, 1.807) is 19.1 Å². The highest BCUT2D eigenvalue weighted by Crippen LogP contribution is 2.25. The van der Waals surface area contributed by atoms with Crippen LogP contribution in [0.15, 0.2) is 59.5 Å². The summed E-state index contributed by atoms with van der Waals surface area (Å²) < 4.78 is 27.2. The third-order valence-electron chi connectivity index (χ3n) is 5.70. The third kappa shape index (κ3) is 6.64. The van der Waals surface area contributed by atoms with Gasteiger partial charge in [-0.3, -0.25) is 14.4 Å². The van der Waals surface area contributed by atoms with Gasteiger partial charge in [0.05, 0.1) is 4.90 Å². The van der Waals surface area contributed by atoms with E-state index >= 15 is 0 Å². The van der Waals surface area contributed by atoms with E-state index < -0.39 is 16.1 Å². The van der Waals surface area contributed by atoms with Crippen LogP contribution in [0.5, 0.6) is 0 Å². The summed E-state index contributed by atoms with van der Waals surface area (Å²) in [7, 11) is -3.70. The fourth-order valence-electron chi connectivity index (χ4n) is 3.76. The first kappa shape index (κ1) is 25.4. The summed E-state index contributed by atoms with van der Waals surface area (Å²) >= 11 is 0. The number of piperidine rings is 1. The number of rotatable bonds is 8. The number of carbonyl (C=O) groups excluding carboxylic acids is 3. The Kier molecular flexibility index (Phi) is 8.41. The molecular weight excluding hydrogens is 456 g/mol. The lowest BCUT2D eigenvalue weighted by Crippen LogP contribution is -2.49. The first-order valence-electron chi connectivity index (χ1n) is 11.2. The van der Waals surface area contributed by atoms with Crippen molar-refractivity contribution >= 4 is 33.4 Å². The van der Waals surface area contributed by atoms with Gasteiger partial charge in [0.2, 0.25) is 27.7 Å². The van der Waals surface area contributed by atoms with Crippen LogP contribution >= 0.6 is 0 Å². The second-order valence-electron chi connectivity index (χ2n) is 8.32. The Morgan fingerprint density at radius 1 is 1.00 bits per heavy atom. The maximum absolute atomic E-state index is 12.9. The summed E-state index contributed by atoms with van der Waals surface area (Å²) in [5.41, 5.74) is 1.48. The first-order valence-corrected chi connectivity index (χ1v) is 12.6. The molecule has 0 unspecified atom stereocenters. The molecule has 182 valence electrons. The van der Waals surface area contributed by atoms with Crippen molar-refractivity contribution in [2.24, 2.45) is 5.92 Å². The molecule has 1 fully saturated rings. The Balaban J connectivity index is 1.49. The highest BCUT2D eigenvalue weighted by molar-refractivity contribution is 7.89. The number of carbonyl (C=O) groups is 3. The minimum atomic E-state index is -3.70. The minimum Gasteiger partial charge on any atom is -0.350 e. The van der Waals surface area contributed by atoms with E-state index in [9.17, 15) is 22.8 Å². The van der Waals surface area contributed by atoms with E-state index in [1.807, 2.05) is 30.3 Å². The van der Waals surface area contributed by atoms with Crippen molar-refractivity contribution < 1.29 is 22.8 Å². The van der Waals surface area contributed by atoms with E-state index in [4.69, 9.17) is 0 Å². The number of nitrogens with zero attached hydrogens (tertiary/aromatic N) is 1. The molecule has 0 aromatic heterocycles. The molecule has 0 saturated carbocycles. The summed E-state index contributed by atoms with van der Waals surface area (Å²) in [5.74, 6) is -1.13. The van der Waals surface area contributed by atoms with Crippen molar-refractivity contribution in [1.29, 1.82) is 0 Å². The van der Waals surface area contributed by atoms with E-state index in [1.165, 1.54) is 23.4 Å². The van der Waals surface area contributed by atoms with Crippen molar-refractivity contribution in [2.45, 2.75) is 44.2 Å². The maximum Gasteiger partial charge on any atom is 0.243 e. The number of amides is 3. The summed E-state index contributed by atoms with van der Waals surface area (Å²) in [6, 6.07) is 14.8. The van der Waals surface area contributed by atoms with Crippen molar-refractivity contribution in [2.75, 3.05) is 18.4 Å². The van der Waals surface area contributed by atoms with E-state index in [2.05, 4.69) is 16.0 Å². The van der Waals surface area contributed by atoms with Crippen LogP contribution in [0.4, 0.5) is 5.69 Å². The van der Waals surface area contributed by atoms with Crippen molar-refractivity contribution in [3.8, 4) is 0 Å². The molecule has 1 aliphatic rings. The smallest absolute Gasteiger partial charge is 0.243 e. The highest BCUT2D eigenvalue weighted by atomic mass is 32.2. The number of nitrogens with one attached hydrogen (secondary N) is 3. The fourth-order valence-corrected chi connectivity index (χ4v) is 5.23. The predicted molar refractivity (Wildman–Crippen MR) is 128 cm³/mol. The Hall–Kier alpha value is -3.24. The highest BCUT2D eigenvalue weighted by Gasteiger charge is 2.33. The van der Waals surface area contributed by atoms with Crippen LogP contribution in [0.1, 0.15) is 32.3 Å². The van der Waals surface area contributed by atoms with Crippen LogP contribution in [0.25, 0.3) is 0 Å². The number of hydrogen-bond donors (Lipinski definition) is 3.